The van der Waals surface area contributed by atoms with Crippen molar-refractivity contribution in [2.24, 2.45) is 14.1 Å². The number of hydrogen-bond donors (Lipinski definition) is 1. The average molecular weight is 485 g/mol. The molecule has 172 valence electrons. The zero-order chi connectivity index (χ0) is 23.8. The summed E-state index contributed by atoms with van der Waals surface area (Å²) < 4.78 is 33.6. The molecular formula is C19H21ClN4O7S. The van der Waals surface area contributed by atoms with Crippen molar-refractivity contribution in [3.8, 4) is 0 Å². The lowest BCUT2D eigenvalue weighted by molar-refractivity contribution is -0.146. The second kappa shape index (κ2) is 8.88. The maximum atomic E-state index is 12.9. The fraction of sp³-hybridized carbons (Fsp3) is 0.368. The van der Waals surface area contributed by atoms with Gasteiger partial charge in [0, 0.05) is 25.7 Å². The number of Topliss-reactive ketones (excluding diaryl/α,β-unsaturated/α-hetero) is 1. The normalized spacial score (nSPS) is 16.8. The quantitative estimate of drug-likeness (QED) is 0.441. The number of halogens is 1. The van der Waals surface area contributed by atoms with Gasteiger partial charge in [0.05, 0.1) is 4.90 Å². The first kappa shape index (κ1) is 23.7. The van der Waals surface area contributed by atoms with Gasteiger partial charge in [0.25, 0.3) is 5.56 Å². The van der Waals surface area contributed by atoms with Gasteiger partial charge in [0.1, 0.15) is 17.4 Å². The first-order chi connectivity index (χ1) is 15.0. The minimum absolute atomic E-state index is 0.0286. The molecule has 32 heavy (non-hydrogen) atoms. The molecule has 1 atom stereocenters. The molecule has 0 amide bonds. The highest BCUT2D eigenvalue weighted by Crippen LogP contribution is 2.27. The number of nitrogens with zero attached hydrogens (tertiary/aromatic N) is 3. The van der Waals surface area contributed by atoms with Crippen LogP contribution in [-0.4, -0.2) is 52.8 Å². The summed E-state index contributed by atoms with van der Waals surface area (Å²) in [4.78, 5) is 49.3. The van der Waals surface area contributed by atoms with Crippen LogP contribution in [0.4, 0.5) is 5.82 Å². The fourth-order valence-corrected chi connectivity index (χ4v) is 5.21. The number of ether oxygens (including phenoxy) is 1. The third kappa shape index (κ3) is 4.20. The summed E-state index contributed by atoms with van der Waals surface area (Å²) in [6.45, 7) is -0.727. The Balaban J connectivity index is 1.78. The lowest BCUT2D eigenvalue weighted by atomic mass is 10.2. The molecule has 1 fully saturated rings. The van der Waals surface area contributed by atoms with Crippen LogP contribution in [-0.2, 0) is 33.7 Å². The van der Waals surface area contributed by atoms with Gasteiger partial charge in [-0.1, -0.05) is 11.6 Å². The van der Waals surface area contributed by atoms with Crippen LogP contribution in [0.1, 0.15) is 23.2 Å². The Labute approximate surface area is 188 Å². The molecule has 0 aliphatic carbocycles. The van der Waals surface area contributed by atoms with Crippen LogP contribution >= 0.6 is 11.6 Å². The second-order valence-corrected chi connectivity index (χ2v) is 9.55. The van der Waals surface area contributed by atoms with Crippen LogP contribution in [0.3, 0.4) is 0 Å². The number of anilines is 1. The molecule has 2 N–H and O–H groups in total. The summed E-state index contributed by atoms with van der Waals surface area (Å²) >= 11 is 5.81. The standard InChI is InChI=1S/C19H21ClN4O7S/c1-22-16(21)15(17(26)23(2)19(22)28)14(25)10-31-18(27)13-4-3-9-24(13)32(29,30)12-7-5-11(20)6-8-12/h5-8,13H,3-4,9-10,21H2,1-2H3/t13-/m1/s1. The van der Waals surface area contributed by atoms with E-state index in [-0.39, 0.29) is 23.7 Å². The number of nitrogen functional groups attached to an aromatic ring is 1. The minimum atomic E-state index is -3.99. The largest absolute Gasteiger partial charge is 0.456 e. The Bertz CT molecular complexity index is 1300. The summed E-state index contributed by atoms with van der Waals surface area (Å²) in [5.41, 5.74) is 3.61. The highest BCUT2D eigenvalue weighted by molar-refractivity contribution is 7.89. The monoisotopic (exact) mass is 484 g/mol. The molecule has 0 unspecified atom stereocenters. The summed E-state index contributed by atoms with van der Waals surface area (Å²) in [5, 5.41) is 0.365. The Morgan fingerprint density at radius 1 is 1.16 bits per heavy atom. The Morgan fingerprint density at radius 3 is 2.41 bits per heavy atom. The van der Waals surface area contributed by atoms with Gasteiger partial charge < -0.3 is 10.5 Å². The zero-order valence-corrected chi connectivity index (χ0v) is 18.9. The van der Waals surface area contributed by atoms with Gasteiger partial charge in [-0.2, -0.15) is 4.31 Å². The number of carbonyl (C=O) groups excluding carboxylic acids is 2. The number of nitrogens with two attached hydrogens (primary N) is 1. The number of ketones is 1. The van der Waals surface area contributed by atoms with Crippen LogP contribution in [0, 0.1) is 0 Å². The third-order valence-corrected chi connectivity index (χ3v) is 7.40. The predicted octanol–water partition coefficient (Wildman–Crippen LogP) is -0.101. The number of aromatic nitrogens is 2. The van der Waals surface area contributed by atoms with E-state index >= 15 is 0 Å². The van der Waals surface area contributed by atoms with Gasteiger partial charge in [-0.05, 0) is 37.1 Å². The summed E-state index contributed by atoms with van der Waals surface area (Å²) in [7, 11) is -1.52. The zero-order valence-electron chi connectivity index (χ0n) is 17.3. The first-order valence-electron chi connectivity index (χ1n) is 9.49. The Kier molecular flexibility index (Phi) is 6.58. The van der Waals surface area contributed by atoms with Crippen molar-refractivity contribution < 1.29 is 22.7 Å². The smallest absolute Gasteiger partial charge is 0.332 e. The van der Waals surface area contributed by atoms with E-state index in [9.17, 15) is 27.6 Å². The Morgan fingerprint density at radius 2 is 1.78 bits per heavy atom. The first-order valence-corrected chi connectivity index (χ1v) is 11.3. The lowest BCUT2D eigenvalue weighted by Gasteiger charge is -2.22. The van der Waals surface area contributed by atoms with Crippen LogP contribution in [0.25, 0.3) is 0 Å². The molecule has 1 aliphatic heterocycles. The highest BCUT2D eigenvalue weighted by atomic mass is 35.5. The average Bonchev–Trinajstić information content (AvgIpc) is 3.26. The molecule has 0 spiro atoms. The van der Waals surface area contributed by atoms with Gasteiger partial charge in [-0.25, -0.2) is 13.2 Å². The Hall–Kier alpha value is -2.96. The minimum Gasteiger partial charge on any atom is -0.456 e. The van der Waals surface area contributed by atoms with Crippen molar-refractivity contribution in [1.29, 1.82) is 0 Å². The summed E-state index contributed by atoms with van der Waals surface area (Å²) in [6, 6.07) is 4.40. The molecule has 2 aromatic rings. The van der Waals surface area contributed by atoms with Crippen LogP contribution in [0.2, 0.25) is 5.02 Å². The van der Waals surface area contributed by atoms with Crippen molar-refractivity contribution in [1.82, 2.24) is 13.4 Å². The number of carbonyl (C=O) groups is 2. The van der Waals surface area contributed by atoms with Gasteiger partial charge in [-0.3, -0.25) is 23.5 Å². The van der Waals surface area contributed by atoms with Crippen molar-refractivity contribution in [2.45, 2.75) is 23.8 Å². The number of hydrogen-bond acceptors (Lipinski definition) is 8. The van der Waals surface area contributed by atoms with Gasteiger partial charge in [-0.15, -0.1) is 0 Å². The molecule has 0 radical (unpaired) electrons. The molecule has 13 heteroatoms. The molecule has 2 heterocycles. The van der Waals surface area contributed by atoms with E-state index in [2.05, 4.69) is 0 Å². The summed E-state index contributed by atoms with van der Waals surface area (Å²) in [5.74, 6) is -2.18. The molecule has 0 saturated carbocycles. The molecule has 3 rings (SSSR count). The number of sulfonamides is 1. The number of benzene rings is 1. The lowest BCUT2D eigenvalue weighted by Crippen LogP contribution is -2.43. The molecule has 1 aromatic heterocycles. The summed E-state index contributed by atoms with van der Waals surface area (Å²) in [6.07, 6.45) is 0.637. The number of rotatable bonds is 6. The fourth-order valence-electron chi connectivity index (χ4n) is 3.43. The molecule has 0 bridgehead atoms. The maximum absolute atomic E-state index is 12.9. The van der Waals surface area contributed by atoms with E-state index in [0.717, 1.165) is 8.87 Å². The van der Waals surface area contributed by atoms with Crippen LogP contribution < -0.4 is 17.0 Å². The number of esters is 1. The van der Waals surface area contributed by atoms with E-state index < -0.39 is 51.2 Å². The van der Waals surface area contributed by atoms with Crippen LogP contribution in [0.5, 0.6) is 0 Å². The third-order valence-electron chi connectivity index (χ3n) is 5.23. The maximum Gasteiger partial charge on any atom is 0.332 e. The van der Waals surface area contributed by atoms with Crippen molar-refractivity contribution in [2.75, 3.05) is 18.9 Å². The van der Waals surface area contributed by atoms with E-state index in [1.807, 2.05) is 0 Å². The molecule has 1 saturated heterocycles. The van der Waals surface area contributed by atoms with E-state index in [1.165, 1.54) is 38.4 Å². The predicted molar refractivity (Wildman–Crippen MR) is 115 cm³/mol. The van der Waals surface area contributed by atoms with Gasteiger partial charge >= 0.3 is 11.7 Å². The SMILES string of the molecule is Cn1c(N)c(C(=O)COC(=O)[C@H]2CCCN2S(=O)(=O)c2ccc(Cl)cc2)c(=O)n(C)c1=O. The topological polar surface area (TPSA) is 151 Å². The molecule has 1 aromatic carbocycles. The van der Waals surface area contributed by atoms with Crippen LogP contribution in [0.15, 0.2) is 38.8 Å². The van der Waals surface area contributed by atoms with Gasteiger partial charge in [0.15, 0.2) is 6.61 Å². The van der Waals surface area contributed by atoms with Crippen molar-refractivity contribution in [3.63, 3.8) is 0 Å². The van der Waals surface area contributed by atoms with Crippen molar-refractivity contribution >= 4 is 39.2 Å². The molecule has 1 aliphatic rings. The highest BCUT2D eigenvalue weighted by Gasteiger charge is 2.40. The van der Waals surface area contributed by atoms with E-state index in [0.29, 0.717) is 16.0 Å². The van der Waals surface area contributed by atoms with Gasteiger partial charge in [0.2, 0.25) is 15.8 Å². The van der Waals surface area contributed by atoms with Crippen molar-refractivity contribution in [3.05, 3.63) is 55.7 Å². The van der Waals surface area contributed by atoms with E-state index in [1.54, 1.807) is 0 Å². The van der Waals surface area contributed by atoms with E-state index in [4.69, 9.17) is 22.1 Å². The second-order valence-electron chi connectivity index (χ2n) is 7.22. The molecule has 11 nitrogen and oxygen atoms in total. The molecular weight excluding hydrogens is 464 g/mol.